The molecule has 6 heteroatoms. The lowest BCUT2D eigenvalue weighted by Gasteiger charge is -2.14. The van der Waals surface area contributed by atoms with E-state index < -0.39 is 0 Å². The first-order chi connectivity index (χ1) is 13.1. The summed E-state index contributed by atoms with van der Waals surface area (Å²) in [6, 6.07) is 20.8. The fraction of sp³-hybridized carbons (Fsp3) is 0.0952. The highest BCUT2D eigenvalue weighted by atomic mass is 127. The average molecular weight is 538 g/mol. The van der Waals surface area contributed by atoms with Crippen LogP contribution in [0, 0.1) is 3.57 Å². The van der Waals surface area contributed by atoms with Gasteiger partial charge in [0.2, 0.25) is 0 Å². The molecule has 0 aromatic heterocycles. The highest BCUT2D eigenvalue weighted by Gasteiger charge is 2.16. The van der Waals surface area contributed by atoms with Gasteiger partial charge in [0.15, 0.2) is 11.5 Å². The molecular weight excluding hydrogens is 521 g/mol. The van der Waals surface area contributed by atoms with Crippen molar-refractivity contribution >= 4 is 50.1 Å². The van der Waals surface area contributed by atoms with Gasteiger partial charge in [0.25, 0.3) is 5.91 Å². The van der Waals surface area contributed by atoms with Crippen molar-refractivity contribution < 1.29 is 14.3 Å². The quantitative estimate of drug-likeness (QED) is 0.399. The predicted octanol–water partition coefficient (Wildman–Crippen LogP) is 5.89. The van der Waals surface area contributed by atoms with E-state index in [-0.39, 0.29) is 5.91 Å². The molecule has 3 aromatic carbocycles. The van der Waals surface area contributed by atoms with E-state index in [1.54, 1.807) is 19.2 Å². The van der Waals surface area contributed by atoms with Gasteiger partial charge in [-0.1, -0.05) is 46.3 Å². The molecule has 0 saturated heterocycles. The number of rotatable bonds is 6. The van der Waals surface area contributed by atoms with Crippen molar-refractivity contribution in [2.45, 2.75) is 6.61 Å². The van der Waals surface area contributed by atoms with Crippen LogP contribution in [0.1, 0.15) is 15.9 Å². The number of hydrogen-bond acceptors (Lipinski definition) is 3. The van der Waals surface area contributed by atoms with Crippen LogP contribution in [-0.4, -0.2) is 13.0 Å². The van der Waals surface area contributed by atoms with Gasteiger partial charge in [0.1, 0.15) is 6.61 Å². The van der Waals surface area contributed by atoms with Crippen LogP contribution in [0.3, 0.4) is 0 Å². The van der Waals surface area contributed by atoms with E-state index in [1.165, 1.54) is 0 Å². The topological polar surface area (TPSA) is 47.6 Å². The number of benzene rings is 3. The molecular formula is C21H17BrINO3. The molecule has 0 aliphatic carbocycles. The molecule has 0 aliphatic rings. The summed E-state index contributed by atoms with van der Waals surface area (Å²) in [5, 5.41) is 2.89. The number of amides is 1. The number of anilines is 1. The number of hydrogen-bond donors (Lipinski definition) is 1. The predicted molar refractivity (Wildman–Crippen MR) is 119 cm³/mol. The summed E-state index contributed by atoms with van der Waals surface area (Å²) in [4.78, 5) is 12.7. The fourth-order valence-electron chi connectivity index (χ4n) is 2.48. The number of halogens is 2. The number of nitrogens with one attached hydrogen (secondary N) is 1. The van der Waals surface area contributed by atoms with Gasteiger partial charge >= 0.3 is 0 Å². The van der Waals surface area contributed by atoms with Crippen molar-refractivity contribution in [2.75, 3.05) is 12.4 Å². The molecule has 0 bridgehead atoms. The Morgan fingerprint density at radius 2 is 1.78 bits per heavy atom. The zero-order chi connectivity index (χ0) is 19.2. The Morgan fingerprint density at radius 1 is 1.07 bits per heavy atom. The van der Waals surface area contributed by atoms with E-state index in [0.717, 1.165) is 19.3 Å². The summed E-state index contributed by atoms with van der Waals surface area (Å²) >= 11 is 5.53. The summed E-state index contributed by atoms with van der Waals surface area (Å²) in [6.07, 6.45) is 0. The lowest BCUT2D eigenvalue weighted by Crippen LogP contribution is -2.13. The Morgan fingerprint density at radius 3 is 2.44 bits per heavy atom. The number of ether oxygens (including phenoxy) is 2. The van der Waals surface area contributed by atoms with Gasteiger partial charge in [-0.2, -0.15) is 0 Å². The normalized spacial score (nSPS) is 10.3. The highest BCUT2D eigenvalue weighted by molar-refractivity contribution is 14.1. The van der Waals surface area contributed by atoms with Gasteiger partial charge in [0, 0.05) is 15.7 Å². The Labute approximate surface area is 180 Å². The summed E-state index contributed by atoms with van der Waals surface area (Å²) in [6.45, 7) is 0.394. The van der Waals surface area contributed by atoms with Crippen LogP contribution in [0.5, 0.6) is 11.5 Å². The summed E-state index contributed by atoms with van der Waals surface area (Å²) in [7, 11) is 1.59. The second-order valence-corrected chi connectivity index (χ2v) is 7.80. The number of carbonyl (C=O) groups is 1. The Bertz CT molecular complexity index is 930. The maximum Gasteiger partial charge on any atom is 0.255 e. The van der Waals surface area contributed by atoms with Crippen molar-refractivity contribution in [3.63, 3.8) is 0 Å². The van der Waals surface area contributed by atoms with E-state index in [4.69, 9.17) is 9.47 Å². The Balaban J connectivity index is 1.82. The van der Waals surface area contributed by atoms with E-state index >= 15 is 0 Å². The summed E-state index contributed by atoms with van der Waals surface area (Å²) in [5.74, 6) is 0.948. The van der Waals surface area contributed by atoms with Crippen molar-refractivity contribution in [1.29, 1.82) is 0 Å². The minimum atomic E-state index is -0.206. The van der Waals surface area contributed by atoms with Crippen molar-refractivity contribution in [1.82, 2.24) is 0 Å². The monoisotopic (exact) mass is 537 g/mol. The molecule has 4 nitrogen and oxygen atoms in total. The van der Waals surface area contributed by atoms with Gasteiger partial charge in [0.05, 0.1) is 10.7 Å². The standard InChI is InChI=1S/C21H17BrINO3/c1-26-20-18(23)11-15(21(25)24-17-9-7-16(22)8-10-17)12-19(20)27-13-14-5-3-2-4-6-14/h2-12H,13H2,1H3,(H,24,25). The van der Waals surface area contributed by atoms with Crippen LogP contribution in [0.25, 0.3) is 0 Å². The average Bonchev–Trinajstić information content (AvgIpc) is 2.68. The lowest BCUT2D eigenvalue weighted by atomic mass is 10.1. The fourth-order valence-corrected chi connectivity index (χ4v) is 3.56. The lowest BCUT2D eigenvalue weighted by molar-refractivity contribution is 0.102. The molecule has 138 valence electrons. The molecule has 3 rings (SSSR count). The SMILES string of the molecule is COc1c(I)cc(C(=O)Nc2ccc(Br)cc2)cc1OCc1ccccc1. The third kappa shape index (κ3) is 5.23. The third-order valence-electron chi connectivity index (χ3n) is 3.82. The van der Waals surface area contributed by atoms with Crippen molar-refractivity contribution in [2.24, 2.45) is 0 Å². The molecule has 0 atom stereocenters. The molecule has 1 amide bonds. The molecule has 0 fully saturated rings. The Kier molecular flexibility index (Phi) is 6.73. The maximum atomic E-state index is 12.7. The molecule has 0 aliphatic heterocycles. The van der Waals surface area contributed by atoms with Crippen LogP contribution >= 0.6 is 38.5 Å². The zero-order valence-electron chi connectivity index (χ0n) is 14.5. The molecule has 27 heavy (non-hydrogen) atoms. The molecule has 0 spiro atoms. The minimum absolute atomic E-state index is 0.206. The van der Waals surface area contributed by atoms with Crippen molar-refractivity contribution in [3.8, 4) is 11.5 Å². The van der Waals surface area contributed by atoms with Gasteiger partial charge < -0.3 is 14.8 Å². The van der Waals surface area contributed by atoms with Crippen LogP contribution in [-0.2, 0) is 6.61 Å². The van der Waals surface area contributed by atoms with Crippen LogP contribution in [0.2, 0.25) is 0 Å². The molecule has 1 N–H and O–H groups in total. The third-order valence-corrected chi connectivity index (χ3v) is 5.15. The number of carbonyl (C=O) groups excluding carboxylic acids is 1. The summed E-state index contributed by atoms with van der Waals surface area (Å²) < 4.78 is 13.2. The van der Waals surface area contributed by atoms with E-state index in [0.29, 0.717) is 23.7 Å². The zero-order valence-corrected chi connectivity index (χ0v) is 18.3. The van der Waals surface area contributed by atoms with Gasteiger partial charge in [-0.15, -0.1) is 0 Å². The largest absolute Gasteiger partial charge is 0.492 e. The minimum Gasteiger partial charge on any atom is -0.492 e. The second-order valence-electron chi connectivity index (χ2n) is 5.72. The van der Waals surface area contributed by atoms with Crippen molar-refractivity contribution in [3.05, 3.63) is 85.9 Å². The first-order valence-corrected chi connectivity index (χ1v) is 10.0. The molecule has 0 radical (unpaired) electrons. The van der Waals surface area contributed by atoms with E-state index in [9.17, 15) is 4.79 Å². The second kappa shape index (κ2) is 9.23. The first kappa shape index (κ1) is 19.7. The maximum absolute atomic E-state index is 12.7. The smallest absolute Gasteiger partial charge is 0.255 e. The van der Waals surface area contributed by atoms with Crippen LogP contribution in [0.15, 0.2) is 71.2 Å². The van der Waals surface area contributed by atoms with Crippen LogP contribution < -0.4 is 14.8 Å². The molecule has 0 unspecified atom stereocenters. The molecule has 3 aromatic rings. The van der Waals surface area contributed by atoms with E-state index in [1.807, 2.05) is 54.6 Å². The van der Waals surface area contributed by atoms with Gasteiger partial charge in [-0.05, 0) is 64.6 Å². The Hall–Kier alpha value is -2.06. The molecule has 0 saturated carbocycles. The highest BCUT2D eigenvalue weighted by Crippen LogP contribution is 2.34. The van der Waals surface area contributed by atoms with Gasteiger partial charge in [-0.3, -0.25) is 4.79 Å². The first-order valence-electron chi connectivity index (χ1n) is 8.18. The summed E-state index contributed by atoms with van der Waals surface area (Å²) in [5.41, 5.74) is 2.27. The van der Waals surface area contributed by atoms with Crippen LogP contribution in [0.4, 0.5) is 5.69 Å². The van der Waals surface area contributed by atoms with Gasteiger partial charge in [-0.25, -0.2) is 0 Å². The molecule has 0 heterocycles. The van der Waals surface area contributed by atoms with E-state index in [2.05, 4.69) is 43.8 Å². The number of methoxy groups -OCH3 is 1.